The first kappa shape index (κ1) is 12.4. The second-order valence-electron chi connectivity index (χ2n) is 4.22. The number of aromatic nitrogens is 3. The number of hydrogen-bond acceptors (Lipinski definition) is 3. The molecule has 0 spiro atoms. The molecular weight excluding hydrogens is 328 g/mol. The summed E-state index contributed by atoms with van der Waals surface area (Å²) in [5.41, 5.74) is 0.983. The van der Waals surface area contributed by atoms with E-state index < -0.39 is 0 Å². The van der Waals surface area contributed by atoms with E-state index in [1.54, 1.807) is 0 Å². The van der Waals surface area contributed by atoms with Crippen molar-refractivity contribution < 1.29 is 0 Å². The van der Waals surface area contributed by atoms with E-state index in [-0.39, 0.29) is 0 Å². The Morgan fingerprint density at radius 1 is 1.21 bits per heavy atom. The Hall–Kier alpha value is -1.59. The number of nitrogens with one attached hydrogen (secondary N) is 2. The van der Waals surface area contributed by atoms with Crippen molar-refractivity contribution >= 4 is 49.9 Å². The molecule has 0 fully saturated rings. The van der Waals surface area contributed by atoms with Crippen molar-refractivity contribution in [3.05, 3.63) is 45.7 Å². The van der Waals surface area contributed by atoms with Crippen LogP contribution in [0.4, 0.5) is 11.6 Å². The van der Waals surface area contributed by atoms with Crippen LogP contribution in [0.15, 0.2) is 34.8 Å². The first-order chi connectivity index (χ1) is 9.11. The molecule has 0 aliphatic carbocycles. The average molecular weight is 338 g/mol. The Labute approximate surface area is 123 Å². The van der Waals surface area contributed by atoms with E-state index in [4.69, 9.17) is 11.6 Å². The molecule has 2 aromatic heterocycles. The molecule has 0 saturated heterocycles. The number of halogens is 2. The first-order valence-corrected chi connectivity index (χ1v) is 6.84. The number of aryl methyl sites for hydroxylation is 1. The Bertz CT molecular complexity index is 753. The molecular formula is C13H10BrClN4. The summed E-state index contributed by atoms with van der Waals surface area (Å²) in [4.78, 5) is 4.32. The molecule has 0 radical (unpaired) electrons. The fourth-order valence-corrected chi connectivity index (χ4v) is 2.51. The van der Waals surface area contributed by atoms with Gasteiger partial charge in [0.05, 0.1) is 0 Å². The summed E-state index contributed by atoms with van der Waals surface area (Å²) in [6, 6.07) is 9.73. The van der Waals surface area contributed by atoms with Gasteiger partial charge in [0.15, 0.2) is 5.82 Å². The molecule has 4 nitrogen and oxygen atoms in total. The second kappa shape index (κ2) is 4.83. The molecule has 3 aromatic rings. The lowest BCUT2D eigenvalue weighted by Gasteiger charge is -2.06. The van der Waals surface area contributed by atoms with E-state index in [1.807, 2.05) is 37.3 Å². The standard InChI is InChI=1S/C13H10BrClN4/c1-7-4-12(19-18-7)16-11-6-8-5-9(14)2-3-10(8)13(15)17-11/h2-6H,1H3,(H2,16,17,18,19). The number of anilines is 2. The van der Waals surface area contributed by atoms with E-state index in [2.05, 4.69) is 36.4 Å². The van der Waals surface area contributed by atoms with Crippen molar-refractivity contribution in [2.24, 2.45) is 0 Å². The van der Waals surface area contributed by atoms with E-state index in [0.717, 1.165) is 26.8 Å². The zero-order chi connectivity index (χ0) is 13.4. The number of fused-ring (bicyclic) bond motifs is 1. The third-order valence-corrected chi connectivity index (χ3v) is 3.49. The minimum absolute atomic E-state index is 0.472. The maximum absolute atomic E-state index is 6.19. The van der Waals surface area contributed by atoms with E-state index in [0.29, 0.717) is 11.0 Å². The summed E-state index contributed by atoms with van der Waals surface area (Å²) in [5, 5.41) is 12.5. The minimum Gasteiger partial charge on any atom is -0.323 e. The number of benzene rings is 1. The van der Waals surface area contributed by atoms with Gasteiger partial charge >= 0.3 is 0 Å². The Morgan fingerprint density at radius 3 is 2.79 bits per heavy atom. The molecule has 0 bridgehead atoms. The number of H-pyrrole nitrogens is 1. The zero-order valence-electron chi connectivity index (χ0n) is 10.0. The third kappa shape index (κ3) is 2.57. The monoisotopic (exact) mass is 336 g/mol. The molecule has 0 aliphatic rings. The number of hydrogen-bond donors (Lipinski definition) is 2. The number of pyridine rings is 1. The maximum atomic E-state index is 6.19. The SMILES string of the molecule is Cc1cc(Nc2cc3cc(Br)ccc3c(Cl)n2)n[nH]1. The third-order valence-electron chi connectivity index (χ3n) is 2.71. The first-order valence-electron chi connectivity index (χ1n) is 5.67. The summed E-state index contributed by atoms with van der Waals surface area (Å²) in [7, 11) is 0. The van der Waals surface area contributed by atoms with Crippen LogP contribution in [0.25, 0.3) is 10.8 Å². The van der Waals surface area contributed by atoms with Crippen molar-refractivity contribution in [1.82, 2.24) is 15.2 Å². The highest BCUT2D eigenvalue weighted by atomic mass is 79.9. The van der Waals surface area contributed by atoms with Gasteiger partial charge in [-0.05, 0) is 30.5 Å². The smallest absolute Gasteiger partial charge is 0.153 e. The number of rotatable bonds is 2. The van der Waals surface area contributed by atoms with Crippen LogP contribution in [0, 0.1) is 6.92 Å². The van der Waals surface area contributed by atoms with Crippen molar-refractivity contribution in [3.8, 4) is 0 Å². The lowest BCUT2D eigenvalue weighted by atomic mass is 10.2. The zero-order valence-corrected chi connectivity index (χ0v) is 12.4. The quantitative estimate of drug-likeness (QED) is 0.680. The molecule has 19 heavy (non-hydrogen) atoms. The minimum atomic E-state index is 0.472. The van der Waals surface area contributed by atoms with Gasteiger partial charge in [-0.3, -0.25) is 5.10 Å². The van der Waals surface area contributed by atoms with Gasteiger partial charge in [0.25, 0.3) is 0 Å². The lowest BCUT2D eigenvalue weighted by molar-refractivity contribution is 1.05. The van der Waals surface area contributed by atoms with Crippen molar-refractivity contribution in [2.75, 3.05) is 5.32 Å². The molecule has 1 aromatic carbocycles. The molecule has 0 atom stereocenters. The van der Waals surface area contributed by atoms with Gasteiger partial charge < -0.3 is 5.32 Å². The van der Waals surface area contributed by atoms with Crippen molar-refractivity contribution in [2.45, 2.75) is 6.92 Å². The summed E-state index contributed by atoms with van der Waals surface area (Å²) in [6.45, 7) is 1.94. The average Bonchev–Trinajstić information content (AvgIpc) is 2.74. The van der Waals surface area contributed by atoms with Gasteiger partial charge in [-0.1, -0.05) is 33.6 Å². The van der Waals surface area contributed by atoms with Crippen LogP contribution in [-0.2, 0) is 0 Å². The van der Waals surface area contributed by atoms with Crippen LogP contribution < -0.4 is 5.32 Å². The highest BCUT2D eigenvalue weighted by molar-refractivity contribution is 9.10. The predicted octanol–water partition coefficient (Wildman–Crippen LogP) is 4.43. The van der Waals surface area contributed by atoms with Crippen LogP contribution >= 0.6 is 27.5 Å². The fourth-order valence-electron chi connectivity index (χ4n) is 1.86. The largest absolute Gasteiger partial charge is 0.323 e. The Balaban J connectivity index is 2.04. The van der Waals surface area contributed by atoms with Crippen LogP contribution in [0.3, 0.4) is 0 Å². The number of nitrogens with zero attached hydrogens (tertiary/aromatic N) is 2. The van der Waals surface area contributed by atoms with Crippen LogP contribution in [0.1, 0.15) is 5.69 Å². The van der Waals surface area contributed by atoms with Gasteiger partial charge in [-0.15, -0.1) is 0 Å². The van der Waals surface area contributed by atoms with Gasteiger partial charge in [0.2, 0.25) is 0 Å². The summed E-state index contributed by atoms with van der Waals surface area (Å²) in [5.74, 6) is 1.39. The van der Waals surface area contributed by atoms with Gasteiger partial charge in [0.1, 0.15) is 11.0 Å². The molecule has 6 heteroatoms. The molecule has 0 aliphatic heterocycles. The predicted molar refractivity (Wildman–Crippen MR) is 81.1 cm³/mol. The fraction of sp³-hybridized carbons (Fsp3) is 0.0769. The summed E-state index contributed by atoms with van der Waals surface area (Å²) in [6.07, 6.45) is 0. The molecule has 0 unspecified atom stereocenters. The Kier molecular flexibility index (Phi) is 3.16. The van der Waals surface area contributed by atoms with Crippen LogP contribution in [0.2, 0.25) is 5.15 Å². The number of aromatic amines is 1. The van der Waals surface area contributed by atoms with Gasteiger partial charge in [-0.2, -0.15) is 5.10 Å². The molecule has 0 amide bonds. The van der Waals surface area contributed by atoms with Gasteiger partial charge in [0, 0.05) is 21.6 Å². The molecule has 2 heterocycles. The van der Waals surface area contributed by atoms with Crippen LogP contribution in [-0.4, -0.2) is 15.2 Å². The molecule has 0 saturated carbocycles. The van der Waals surface area contributed by atoms with E-state index >= 15 is 0 Å². The second-order valence-corrected chi connectivity index (χ2v) is 5.50. The molecule has 3 rings (SSSR count). The summed E-state index contributed by atoms with van der Waals surface area (Å²) >= 11 is 9.64. The Morgan fingerprint density at radius 2 is 2.05 bits per heavy atom. The lowest BCUT2D eigenvalue weighted by Crippen LogP contribution is -1.94. The van der Waals surface area contributed by atoms with Crippen molar-refractivity contribution in [3.63, 3.8) is 0 Å². The normalized spacial score (nSPS) is 10.9. The maximum Gasteiger partial charge on any atom is 0.153 e. The molecule has 2 N–H and O–H groups in total. The van der Waals surface area contributed by atoms with Crippen LogP contribution in [0.5, 0.6) is 0 Å². The highest BCUT2D eigenvalue weighted by Gasteiger charge is 2.06. The summed E-state index contributed by atoms with van der Waals surface area (Å²) < 4.78 is 1.00. The van der Waals surface area contributed by atoms with E-state index in [1.165, 1.54) is 0 Å². The topological polar surface area (TPSA) is 53.6 Å². The van der Waals surface area contributed by atoms with Gasteiger partial charge in [-0.25, -0.2) is 4.98 Å². The van der Waals surface area contributed by atoms with Crippen molar-refractivity contribution in [1.29, 1.82) is 0 Å². The molecule has 96 valence electrons. The highest BCUT2D eigenvalue weighted by Crippen LogP contribution is 2.28. The van der Waals surface area contributed by atoms with E-state index in [9.17, 15) is 0 Å².